The second kappa shape index (κ2) is 6.15. The van der Waals surface area contributed by atoms with E-state index in [1.807, 2.05) is 0 Å². The highest BCUT2D eigenvalue weighted by atomic mass is 16.5. The van der Waals surface area contributed by atoms with Gasteiger partial charge in [0.2, 0.25) is 5.91 Å². The lowest BCUT2D eigenvalue weighted by Gasteiger charge is -2.34. The van der Waals surface area contributed by atoms with Gasteiger partial charge in [-0.25, -0.2) is 0 Å². The molecule has 18 heavy (non-hydrogen) atoms. The summed E-state index contributed by atoms with van der Waals surface area (Å²) in [5.41, 5.74) is 0. The third-order valence-corrected chi connectivity index (χ3v) is 3.43. The van der Waals surface area contributed by atoms with Crippen molar-refractivity contribution in [3.63, 3.8) is 0 Å². The molecule has 0 saturated carbocycles. The van der Waals surface area contributed by atoms with Crippen molar-refractivity contribution in [3.8, 4) is 0 Å². The molecule has 0 spiro atoms. The normalized spacial score (nSPS) is 28.2. The highest BCUT2D eigenvalue weighted by Gasteiger charge is 2.31. The number of carbonyl (C=O) groups is 2. The number of morpholine rings is 1. The average Bonchev–Trinajstić information content (AvgIpc) is 2.92. The molecule has 2 unspecified atom stereocenters. The van der Waals surface area contributed by atoms with Crippen LogP contribution >= 0.6 is 0 Å². The van der Waals surface area contributed by atoms with Crippen LogP contribution in [0.3, 0.4) is 0 Å². The molecule has 0 aliphatic carbocycles. The number of carbonyl (C=O) groups excluding carboxylic acids is 2. The number of nitrogens with one attached hydrogen (secondary N) is 1. The van der Waals surface area contributed by atoms with Gasteiger partial charge in [-0.15, -0.1) is 0 Å². The van der Waals surface area contributed by atoms with Crippen LogP contribution in [-0.4, -0.2) is 62.3 Å². The number of amides is 1. The summed E-state index contributed by atoms with van der Waals surface area (Å²) in [7, 11) is 1.36. The number of esters is 1. The first-order valence-corrected chi connectivity index (χ1v) is 6.41. The number of ether oxygens (including phenoxy) is 2. The molecule has 0 aromatic heterocycles. The number of nitrogens with zero attached hydrogens (tertiary/aromatic N) is 1. The highest BCUT2D eigenvalue weighted by molar-refractivity contribution is 5.82. The van der Waals surface area contributed by atoms with Crippen molar-refractivity contribution in [3.05, 3.63) is 0 Å². The standard InChI is InChI=1S/C12H20N2O4/c1-17-11(15)7-9-8-14(5-6-18-9)12(16)10-3-2-4-13-10/h9-10,13H,2-8H2,1H3. The molecule has 2 rings (SSSR count). The van der Waals surface area contributed by atoms with E-state index in [-0.39, 0.29) is 30.4 Å². The summed E-state index contributed by atoms with van der Waals surface area (Å²) >= 11 is 0. The lowest BCUT2D eigenvalue weighted by molar-refractivity contribution is -0.150. The number of rotatable bonds is 3. The molecule has 0 aromatic rings. The minimum absolute atomic E-state index is 0.0538. The van der Waals surface area contributed by atoms with Gasteiger partial charge in [0.15, 0.2) is 0 Å². The average molecular weight is 256 g/mol. The van der Waals surface area contributed by atoms with Crippen molar-refractivity contribution in [2.24, 2.45) is 0 Å². The smallest absolute Gasteiger partial charge is 0.308 e. The fraction of sp³-hybridized carbons (Fsp3) is 0.833. The van der Waals surface area contributed by atoms with Gasteiger partial charge in [0.1, 0.15) is 0 Å². The Morgan fingerprint density at radius 2 is 2.33 bits per heavy atom. The van der Waals surface area contributed by atoms with Gasteiger partial charge in [0.25, 0.3) is 0 Å². The maximum Gasteiger partial charge on any atom is 0.308 e. The van der Waals surface area contributed by atoms with E-state index in [2.05, 4.69) is 10.1 Å². The molecule has 2 atom stereocenters. The molecule has 2 saturated heterocycles. The Hall–Kier alpha value is -1.14. The second-order valence-electron chi connectivity index (χ2n) is 4.71. The van der Waals surface area contributed by atoms with E-state index >= 15 is 0 Å². The van der Waals surface area contributed by atoms with Crippen LogP contribution in [0.25, 0.3) is 0 Å². The molecule has 0 aromatic carbocycles. The van der Waals surface area contributed by atoms with Crippen LogP contribution in [-0.2, 0) is 19.1 Å². The molecule has 102 valence electrons. The lowest BCUT2D eigenvalue weighted by atomic mass is 10.1. The molecule has 0 radical (unpaired) electrons. The summed E-state index contributed by atoms with van der Waals surface area (Å²) in [6, 6.07) is -0.0538. The first kappa shape index (κ1) is 13.3. The van der Waals surface area contributed by atoms with E-state index in [4.69, 9.17) is 4.74 Å². The van der Waals surface area contributed by atoms with Gasteiger partial charge in [0.05, 0.1) is 32.3 Å². The lowest BCUT2D eigenvalue weighted by Crippen LogP contribution is -2.51. The Morgan fingerprint density at radius 1 is 1.50 bits per heavy atom. The molecule has 1 N–H and O–H groups in total. The summed E-state index contributed by atoms with van der Waals surface area (Å²) in [5.74, 6) is -0.168. The Morgan fingerprint density at radius 3 is 3.00 bits per heavy atom. The van der Waals surface area contributed by atoms with Crippen molar-refractivity contribution in [1.82, 2.24) is 10.2 Å². The first-order valence-electron chi connectivity index (χ1n) is 6.41. The molecular formula is C12H20N2O4. The third kappa shape index (κ3) is 3.20. The molecule has 0 bridgehead atoms. The predicted molar refractivity (Wildman–Crippen MR) is 64.0 cm³/mol. The molecule has 6 nitrogen and oxygen atoms in total. The number of hydrogen-bond donors (Lipinski definition) is 1. The van der Waals surface area contributed by atoms with Gasteiger partial charge < -0.3 is 19.7 Å². The minimum atomic E-state index is -0.298. The van der Waals surface area contributed by atoms with Crippen molar-refractivity contribution < 1.29 is 19.1 Å². The Balaban J connectivity index is 1.85. The van der Waals surface area contributed by atoms with E-state index < -0.39 is 0 Å². The van der Waals surface area contributed by atoms with E-state index in [1.165, 1.54) is 7.11 Å². The quantitative estimate of drug-likeness (QED) is 0.691. The monoisotopic (exact) mass is 256 g/mol. The van der Waals surface area contributed by atoms with Crippen LogP contribution in [0.2, 0.25) is 0 Å². The molecule has 2 heterocycles. The zero-order valence-corrected chi connectivity index (χ0v) is 10.7. The maximum atomic E-state index is 12.2. The zero-order chi connectivity index (χ0) is 13.0. The van der Waals surface area contributed by atoms with Crippen molar-refractivity contribution in [2.45, 2.75) is 31.4 Å². The fourth-order valence-electron chi connectivity index (χ4n) is 2.43. The number of methoxy groups -OCH3 is 1. The summed E-state index contributed by atoms with van der Waals surface area (Å²) < 4.78 is 10.1. The fourth-order valence-corrected chi connectivity index (χ4v) is 2.43. The van der Waals surface area contributed by atoms with E-state index in [0.717, 1.165) is 19.4 Å². The maximum absolute atomic E-state index is 12.2. The Labute approximate surface area is 107 Å². The molecular weight excluding hydrogens is 236 g/mol. The molecule has 1 amide bonds. The van der Waals surface area contributed by atoms with Gasteiger partial charge in [-0.1, -0.05) is 0 Å². The Kier molecular flexibility index (Phi) is 4.54. The number of hydrogen-bond acceptors (Lipinski definition) is 5. The van der Waals surface area contributed by atoms with E-state index in [9.17, 15) is 9.59 Å². The van der Waals surface area contributed by atoms with Gasteiger partial charge >= 0.3 is 5.97 Å². The van der Waals surface area contributed by atoms with Gasteiger partial charge in [-0.05, 0) is 19.4 Å². The second-order valence-corrected chi connectivity index (χ2v) is 4.71. The predicted octanol–water partition coefficient (Wildman–Crippen LogP) is -0.471. The molecule has 2 aliphatic rings. The van der Waals surface area contributed by atoms with Crippen LogP contribution in [0.5, 0.6) is 0 Å². The van der Waals surface area contributed by atoms with Crippen molar-refractivity contribution in [2.75, 3.05) is 33.4 Å². The van der Waals surface area contributed by atoms with Crippen LogP contribution in [0.1, 0.15) is 19.3 Å². The molecule has 6 heteroatoms. The van der Waals surface area contributed by atoms with Gasteiger partial charge in [0, 0.05) is 13.1 Å². The first-order chi connectivity index (χ1) is 8.70. The zero-order valence-electron chi connectivity index (χ0n) is 10.7. The summed E-state index contributed by atoms with van der Waals surface area (Å²) in [6.07, 6.45) is 1.92. The highest BCUT2D eigenvalue weighted by Crippen LogP contribution is 2.14. The van der Waals surface area contributed by atoms with E-state index in [1.54, 1.807) is 4.90 Å². The van der Waals surface area contributed by atoms with Crippen LogP contribution in [0.15, 0.2) is 0 Å². The summed E-state index contributed by atoms with van der Waals surface area (Å²) in [5, 5.41) is 3.20. The van der Waals surface area contributed by atoms with E-state index in [0.29, 0.717) is 19.7 Å². The van der Waals surface area contributed by atoms with Crippen LogP contribution in [0.4, 0.5) is 0 Å². The van der Waals surface area contributed by atoms with Crippen LogP contribution < -0.4 is 5.32 Å². The third-order valence-electron chi connectivity index (χ3n) is 3.43. The van der Waals surface area contributed by atoms with Gasteiger partial charge in [-0.3, -0.25) is 9.59 Å². The molecule has 2 aliphatic heterocycles. The minimum Gasteiger partial charge on any atom is -0.469 e. The van der Waals surface area contributed by atoms with Crippen LogP contribution in [0, 0.1) is 0 Å². The summed E-state index contributed by atoms with van der Waals surface area (Å²) in [4.78, 5) is 25.2. The molecule has 2 fully saturated rings. The van der Waals surface area contributed by atoms with Gasteiger partial charge in [-0.2, -0.15) is 0 Å². The van der Waals surface area contributed by atoms with Crippen molar-refractivity contribution in [1.29, 1.82) is 0 Å². The Bertz CT molecular complexity index is 315. The SMILES string of the molecule is COC(=O)CC1CN(C(=O)C2CCCN2)CCO1. The topological polar surface area (TPSA) is 67.9 Å². The van der Waals surface area contributed by atoms with Crippen molar-refractivity contribution >= 4 is 11.9 Å². The summed E-state index contributed by atoms with van der Waals surface area (Å²) in [6.45, 7) is 2.48. The largest absolute Gasteiger partial charge is 0.469 e.